The van der Waals surface area contributed by atoms with Gasteiger partial charge in [-0.05, 0) is 67.1 Å². The Labute approximate surface area is 199 Å². The summed E-state index contributed by atoms with van der Waals surface area (Å²) in [5, 5.41) is 11.3. The first-order valence-corrected chi connectivity index (χ1v) is 11.1. The van der Waals surface area contributed by atoms with E-state index in [0.29, 0.717) is 22.8 Å². The minimum atomic E-state index is -1.02. The van der Waals surface area contributed by atoms with E-state index < -0.39 is 29.6 Å². The number of imide groups is 1. The number of hydrogen-bond acceptors (Lipinski definition) is 6. The van der Waals surface area contributed by atoms with Crippen LogP contribution in [0.15, 0.2) is 63.9 Å². The van der Waals surface area contributed by atoms with Crippen LogP contribution in [0.5, 0.6) is 0 Å². The first-order chi connectivity index (χ1) is 16.2. The van der Waals surface area contributed by atoms with Crippen molar-refractivity contribution in [3.8, 4) is 11.3 Å². The average molecular weight is 477 g/mol. The number of furan rings is 1. The number of aromatic carboxylic acids is 1. The van der Waals surface area contributed by atoms with Gasteiger partial charge in [-0.25, -0.2) is 4.79 Å². The van der Waals surface area contributed by atoms with E-state index in [-0.39, 0.29) is 10.5 Å². The number of carboxylic acid groups (broad SMARTS) is 1. The fourth-order valence-electron chi connectivity index (χ4n) is 3.46. The number of nitrogens with one attached hydrogen (secondary N) is 1. The lowest BCUT2D eigenvalue weighted by atomic mass is 10.0. The van der Waals surface area contributed by atoms with E-state index >= 15 is 0 Å². The van der Waals surface area contributed by atoms with Crippen molar-refractivity contribution < 1.29 is 28.7 Å². The number of thioether (sulfide) groups is 1. The monoisotopic (exact) mass is 476 g/mol. The molecule has 8 nitrogen and oxygen atoms in total. The number of carbonyl (C=O) groups is 4. The summed E-state index contributed by atoms with van der Waals surface area (Å²) < 4.78 is 5.81. The molecule has 1 saturated heterocycles. The number of nitrogens with zero attached hydrogens (tertiary/aromatic N) is 1. The number of carbonyl (C=O) groups excluding carboxylic acids is 3. The molecule has 1 aromatic heterocycles. The first-order valence-electron chi connectivity index (χ1n) is 10.3. The number of anilines is 1. The quantitative estimate of drug-likeness (QED) is 0.484. The fraction of sp³-hybridized carbons (Fsp3) is 0.120. The molecule has 1 fully saturated rings. The van der Waals surface area contributed by atoms with Crippen molar-refractivity contribution in [3.63, 3.8) is 0 Å². The highest BCUT2D eigenvalue weighted by atomic mass is 32.2. The summed E-state index contributed by atoms with van der Waals surface area (Å²) in [7, 11) is 0. The van der Waals surface area contributed by atoms with Crippen molar-refractivity contribution in [1.82, 2.24) is 4.90 Å². The molecule has 0 spiro atoms. The molecular formula is C25H20N2O6S. The Morgan fingerprint density at radius 1 is 1.06 bits per heavy atom. The zero-order valence-corrected chi connectivity index (χ0v) is 19.1. The lowest BCUT2D eigenvalue weighted by Crippen LogP contribution is -2.36. The lowest BCUT2D eigenvalue weighted by molar-refractivity contribution is -0.127. The molecule has 0 aliphatic carbocycles. The molecule has 34 heavy (non-hydrogen) atoms. The van der Waals surface area contributed by atoms with Crippen LogP contribution in [-0.4, -0.2) is 39.6 Å². The van der Waals surface area contributed by atoms with Gasteiger partial charge in [0.2, 0.25) is 5.91 Å². The Morgan fingerprint density at radius 3 is 2.53 bits per heavy atom. The van der Waals surface area contributed by atoms with Gasteiger partial charge in [0.1, 0.15) is 18.1 Å². The molecule has 0 atom stereocenters. The van der Waals surface area contributed by atoms with Crippen LogP contribution in [0.2, 0.25) is 0 Å². The number of hydrogen-bond donors (Lipinski definition) is 2. The van der Waals surface area contributed by atoms with Gasteiger partial charge in [-0.15, -0.1) is 0 Å². The predicted molar refractivity (Wildman–Crippen MR) is 128 cm³/mol. The van der Waals surface area contributed by atoms with Crippen molar-refractivity contribution in [2.24, 2.45) is 0 Å². The van der Waals surface area contributed by atoms with Gasteiger partial charge in [0, 0.05) is 17.3 Å². The maximum absolute atomic E-state index is 12.7. The standard InChI is InChI=1S/C25H20N2O6S/c1-14-5-3-4-6-19(14)26-22(28)13-27-23(29)21(34-25(27)32)12-17-8-10-20(33-17)18-9-7-16(24(30)31)11-15(18)2/h3-12H,13H2,1-2H3,(H,26,28)(H,30,31)/b21-12-. The molecule has 0 radical (unpaired) electrons. The zero-order chi connectivity index (χ0) is 24.4. The third-order valence-corrected chi connectivity index (χ3v) is 6.14. The third kappa shape index (κ3) is 4.79. The summed E-state index contributed by atoms with van der Waals surface area (Å²) in [6, 6.07) is 15.3. The van der Waals surface area contributed by atoms with Gasteiger partial charge in [0.25, 0.3) is 11.1 Å². The SMILES string of the molecule is Cc1ccccc1NC(=O)CN1C(=O)S/C(=C\c2ccc(-c3ccc(C(=O)O)cc3C)o2)C1=O. The van der Waals surface area contributed by atoms with Crippen molar-refractivity contribution in [3.05, 3.63) is 82.0 Å². The second kappa shape index (κ2) is 9.40. The number of carboxylic acids is 1. The molecule has 3 amide bonds. The average Bonchev–Trinajstić information content (AvgIpc) is 3.35. The van der Waals surface area contributed by atoms with Crippen molar-refractivity contribution in [2.75, 3.05) is 11.9 Å². The normalized spacial score (nSPS) is 14.6. The van der Waals surface area contributed by atoms with E-state index in [1.807, 2.05) is 19.1 Å². The summed E-state index contributed by atoms with van der Waals surface area (Å²) in [4.78, 5) is 49.7. The molecule has 172 valence electrons. The Balaban J connectivity index is 1.47. The van der Waals surface area contributed by atoms with Crippen molar-refractivity contribution >= 4 is 46.5 Å². The van der Waals surface area contributed by atoms with Gasteiger partial charge in [-0.1, -0.05) is 24.3 Å². The molecule has 9 heteroatoms. The molecule has 2 aromatic carbocycles. The zero-order valence-electron chi connectivity index (χ0n) is 18.3. The smallest absolute Gasteiger partial charge is 0.335 e. The largest absolute Gasteiger partial charge is 0.478 e. The minimum absolute atomic E-state index is 0.146. The molecular weight excluding hydrogens is 456 g/mol. The number of amides is 3. The Bertz CT molecular complexity index is 1360. The molecule has 4 rings (SSSR count). The summed E-state index contributed by atoms with van der Waals surface area (Å²) in [6.07, 6.45) is 1.45. The van der Waals surface area contributed by atoms with Crippen LogP contribution < -0.4 is 5.32 Å². The predicted octanol–water partition coefficient (Wildman–Crippen LogP) is 4.94. The van der Waals surface area contributed by atoms with Crippen LogP contribution in [0.4, 0.5) is 10.5 Å². The van der Waals surface area contributed by atoms with Crippen LogP contribution >= 0.6 is 11.8 Å². The molecule has 3 aromatic rings. The molecule has 2 N–H and O–H groups in total. The first kappa shape index (κ1) is 23.1. The van der Waals surface area contributed by atoms with Crippen LogP contribution in [0.1, 0.15) is 27.2 Å². The van der Waals surface area contributed by atoms with Gasteiger partial charge >= 0.3 is 5.97 Å². The van der Waals surface area contributed by atoms with Crippen LogP contribution in [0.25, 0.3) is 17.4 Å². The molecule has 0 unspecified atom stereocenters. The maximum Gasteiger partial charge on any atom is 0.335 e. The fourth-order valence-corrected chi connectivity index (χ4v) is 4.28. The maximum atomic E-state index is 12.7. The Hall–Kier alpha value is -4.11. The van der Waals surface area contributed by atoms with Crippen molar-refractivity contribution in [2.45, 2.75) is 13.8 Å². The summed E-state index contributed by atoms with van der Waals surface area (Å²) in [5.41, 5.74) is 3.09. The van der Waals surface area contributed by atoms with Crippen LogP contribution in [0, 0.1) is 13.8 Å². The Kier molecular flexibility index (Phi) is 6.38. The van der Waals surface area contributed by atoms with Gasteiger partial charge in [0.15, 0.2) is 0 Å². The lowest BCUT2D eigenvalue weighted by Gasteiger charge is -2.13. The molecule has 1 aliphatic rings. The number of aryl methyl sites for hydroxylation is 2. The summed E-state index contributed by atoms with van der Waals surface area (Å²) in [6.45, 7) is 3.23. The minimum Gasteiger partial charge on any atom is -0.478 e. The van der Waals surface area contributed by atoms with E-state index in [2.05, 4.69) is 5.32 Å². The molecule has 0 saturated carbocycles. The summed E-state index contributed by atoms with van der Waals surface area (Å²) in [5.74, 6) is -1.21. The summed E-state index contributed by atoms with van der Waals surface area (Å²) >= 11 is 0.735. The Morgan fingerprint density at radius 2 is 1.82 bits per heavy atom. The second-order valence-corrected chi connectivity index (χ2v) is 8.66. The van der Waals surface area contributed by atoms with Gasteiger partial charge in [0.05, 0.1) is 10.5 Å². The molecule has 1 aliphatic heterocycles. The van der Waals surface area contributed by atoms with Gasteiger partial charge < -0.3 is 14.8 Å². The molecule has 2 heterocycles. The number of para-hydroxylation sites is 1. The van der Waals surface area contributed by atoms with Crippen LogP contribution in [0.3, 0.4) is 0 Å². The van der Waals surface area contributed by atoms with Gasteiger partial charge in [-0.3, -0.25) is 19.3 Å². The van der Waals surface area contributed by atoms with E-state index in [0.717, 1.165) is 27.8 Å². The topological polar surface area (TPSA) is 117 Å². The van der Waals surface area contributed by atoms with E-state index in [9.17, 15) is 19.2 Å². The van der Waals surface area contributed by atoms with Crippen LogP contribution in [-0.2, 0) is 9.59 Å². The van der Waals surface area contributed by atoms with E-state index in [1.54, 1.807) is 43.3 Å². The van der Waals surface area contributed by atoms with Crippen molar-refractivity contribution in [1.29, 1.82) is 0 Å². The van der Waals surface area contributed by atoms with E-state index in [4.69, 9.17) is 9.52 Å². The highest BCUT2D eigenvalue weighted by Crippen LogP contribution is 2.34. The molecule has 0 bridgehead atoms. The highest BCUT2D eigenvalue weighted by Gasteiger charge is 2.36. The van der Waals surface area contributed by atoms with Gasteiger partial charge in [-0.2, -0.15) is 0 Å². The van der Waals surface area contributed by atoms with E-state index in [1.165, 1.54) is 12.1 Å². The highest BCUT2D eigenvalue weighted by molar-refractivity contribution is 8.18. The number of benzene rings is 2. The second-order valence-electron chi connectivity index (χ2n) is 7.67. The number of rotatable bonds is 6. The third-order valence-electron chi connectivity index (χ3n) is 5.23.